The Hall–Kier alpha value is -0.540. The Morgan fingerprint density at radius 3 is 2.88 bits per heavy atom. The Bertz CT molecular complexity index is 361. The summed E-state index contributed by atoms with van der Waals surface area (Å²) in [6, 6.07) is 6.14. The highest BCUT2D eigenvalue weighted by Crippen LogP contribution is 2.36. The molecule has 1 unspecified atom stereocenters. The second kappa shape index (κ2) is 5.19. The summed E-state index contributed by atoms with van der Waals surface area (Å²) in [4.78, 5) is 0. The van der Waals surface area contributed by atoms with Crippen molar-refractivity contribution in [3.05, 3.63) is 28.2 Å². The van der Waals surface area contributed by atoms with Crippen LogP contribution in [0, 0.1) is 11.8 Å². The zero-order valence-corrected chi connectivity index (χ0v) is 11.3. The minimum atomic E-state index is 0.813. The molecule has 1 saturated carbocycles. The molecule has 1 aliphatic rings. The Balaban J connectivity index is 1.78. The average Bonchev–Trinajstić information content (AvgIpc) is 3.07. The second-order valence-electron chi connectivity index (χ2n) is 4.80. The molecule has 1 aliphatic carbocycles. The van der Waals surface area contributed by atoms with Crippen LogP contribution in [0.2, 0.25) is 0 Å². The lowest BCUT2D eigenvalue weighted by molar-refractivity contribution is 0.461. The number of nitrogens with one attached hydrogen (secondary N) is 1. The van der Waals surface area contributed by atoms with Crippen LogP contribution >= 0.6 is 15.9 Å². The van der Waals surface area contributed by atoms with Crippen molar-refractivity contribution in [1.82, 2.24) is 5.32 Å². The molecule has 0 saturated heterocycles. The first-order valence-corrected chi connectivity index (χ1v) is 6.70. The van der Waals surface area contributed by atoms with E-state index >= 15 is 0 Å². The van der Waals surface area contributed by atoms with Gasteiger partial charge in [-0.15, -0.1) is 0 Å². The number of hydrogen-bond donors (Lipinski definition) is 2. The van der Waals surface area contributed by atoms with Gasteiger partial charge in [0.1, 0.15) is 0 Å². The number of benzene rings is 1. The fourth-order valence-corrected chi connectivity index (χ4v) is 2.23. The van der Waals surface area contributed by atoms with Crippen LogP contribution in [0.15, 0.2) is 22.7 Å². The predicted molar refractivity (Wildman–Crippen MR) is 72.1 cm³/mol. The van der Waals surface area contributed by atoms with Gasteiger partial charge in [0.05, 0.1) is 0 Å². The molecule has 3 heteroatoms. The van der Waals surface area contributed by atoms with Crippen molar-refractivity contribution in [3.63, 3.8) is 0 Å². The third kappa shape index (κ3) is 3.22. The molecule has 0 spiro atoms. The van der Waals surface area contributed by atoms with Gasteiger partial charge in [0.15, 0.2) is 0 Å². The van der Waals surface area contributed by atoms with Crippen LogP contribution in [0.3, 0.4) is 0 Å². The molecule has 88 valence electrons. The van der Waals surface area contributed by atoms with Gasteiger partial charge in [-0.1, -0.05) is 13.0 Å². The summed E-state index contributed by atoms with van der Waals surface area (Å²) in [6.45, 7) is 4.36. The van der Waals surface area contributed by atoms with Gasteiger partial charge in [0.25, 0.3) is 0 Å². The Labute approximate surface area is 106 Å². The molecule has 1 atom stereocenters. The van der Waals surface area contributed by atoms with E-state index < -0.39 is 0 Å². The van der Waals surface area contributed by atoms with Gasteiger partial charge in [-0.05, 0) is 64.8 Å². The molecule has 3 N–H and O–H groups in total. The average molecular weight is 283 g/mol. The van der Waals surface area contributed by atoms with Gasteiger partial charge in [0, 0.05) is 16.7 Å². The van der Waals surface area contributed by atoms with Crippen molar-refractivity contribution < 1.29 is 0 Å². The van der Waals surface area contributed by atoms with Gasteiger partial charge >= 0.3 is 0 Å². The van der Waals surface area contributed by atoms with Crippen LogP contribution in [0.25, 0.3) is 0 Å². The monoisotopic (exact) mass is 282 g/mol. The minimum absolute atomic E-state index is 0.813. The SMILES string of the molecule is CC(CNCc1ccc(Br)c(N)c1)C1CC1. The molecule has 1 aromatic carbocycles. The van der Waals surface area contributed by atoms with E-state index in [1.807, 2.05) is 12.1 Å². The van der Waals surface area contributed by atoms with E-state index in [0.29, 0.717) is 0 Å². The maximum atomic E-state index is 5.84. The maximum absolute atomic E-state index is 5.84. The Morgan fingerprint density at radius 2 is 2.25 bits per heavy atom. The molecular formula is C13H19BrN2. The summed E-state index contributed by atoms with van der Waals surface area (Å²) in [7, 11) is 0. The number of halogens is 1. The summed E-state index contributed by atoms with van der Waals surface area (Å²) in [6.07, 6.45) is 2.85. The molecule has 0 bridgehead atoms. The van der Waals surface area contributed by atoms with Crippen LogP contribution < -0.4 is 11.1 Å². The molecule has 2 rings (SSSR count). The zero-order valence-electron chi connectivity index (χ0n) is 9.67. The van der Waals surface area contributed by atoms with Crippen molar-refractivity contribution in [1.29, 1.82) is 0 Å². The van der Waals surface area contributed by atoms with Gasteiger partial charge < -0.3 is 11.1 Å². The van der Waals surface area contributed by atoms with E-state index in [4.69, 9.17) is 5.73 Å². The number of nitrogens with two attached hydrogens (primary N) is 1. The lowest BCUT2D eigenvalue weighted by atomic mass is 10.1. The summed E-state index contributed by atoms with van der Waals surface area (Å²) >= 11 is 3.40. The molecule has 0 amide bonds. The van der Waals surface area contributed by atoms with E-state index in [-0.39, 0.29) is 0 Å². The van der Waals surface area contributed by atoms with Crippen LogP contribution in [0.5, 0.6) is 0 Å². The highest BCUT2D eigenvalue weighted by molar-refractivity contribution is 9.10. The summed E-state index contributed by atoms with van der Waals surface area (Å²) in [5, 5.41) is 3.50. The molecule has 0 radical (unpaired) electrons. The fourth-order valence-electron chi connectivity index (χ4n) is 1.98. The first kappa shape index (κ1) is 11.9. The lowest BCUT2D eigenvalue weighted by Crippen LogP contribution is -2.21. The summed E-state index contributed by atoms with van der Waals surface area (Å²) < 4.78 is 0.975. The van der Waals surface area contributed by atoms with Gasteiger partial charge in [-0.2, -0.15) is 0 Å². The van der Waals surface area contributed by atoms with E-state index in [2.05, 4.69) is 34.2 Å². The Kier molecular flexibility index (Phi) is 3.87. The fraction of sp³-hybridized carbons (Fsp3) is 0.538. The van der Waals surface area contributed by atoms with E-state index in [9.17, 15) is 0 Å². The number of rotatable bonds is 5. The van der Waals surface area contributed by atoms with E-state index in [1.165, 1.54) is 18.4 Å². The van der Waals surface area contributed by atoms with E-state index in [1.54, 1.807) is 0 Å². The highest BCUT2D eigenvalue weighted by atomic mass is 79.9. The second-order valence-corrected chi connectivity index (χ2v) is 5.66. The van der Waals surface area contributed by atoms with Crippen molar-refractivity contribution in [3.8, 4) is 0 Å². The quantitative estimate of drug-likeness (QED) is 0.815. The van der Waals surface area contributed by atoms with Gasteiger partial charge in [-0.25, -0.2) is 0 Å². The van der Waals surface area contributed by atoms with Crippen LogP contribution in [-0.4, -0.2) is 6.54 Å². The number of nitrogen functional groups attached to an aromatic ring is 1. The number of hydrogen-bond acceptors (Lipinski definition) is 2. The van der Waals surface area contributed by atoms with Gasteiger partial charge in [0.2, 0.25) is 0 Å². The predicted octanol–water partition coefficient (Wildman–Crippen LogP) is 3.17. The molecule has 0 aliphatic heterocycles. The molecule has 16 heavy (non-hydrogen) atoms. The van der Waals surface area contributed by atoms with E-state index in [0.717, 1.165) is 35.1 Å². The molecule has 1 fully saturated rings. The third-order valence-corrected chi connectivity index (χ3v) is 4.00. The smallest absolute Gasteiger partial charge is 0.0461 e. The van der Waals surface area contributed by atoms with Crippen molar-refractivity contribution in [2.45, 2.75) is 26.3 Å². The van der Waals surface area contributed by atoms with Crippen molar-refractivity contribution in [2.24, 2.45) is 11.8 Å². The molecule has 2 nitrogen and oxygen atoms in total. The standard InChI is InChI=1S/C13H19BrN2/c1-9(11-3-4-11)7-16-8-10-2-5-12(14)13(15)6-10/h2,5-6,9,11,16H,3-4,7-8,15H2,1H3. The normalized spacial score (nSPS) is 17.4. The minimum Gasteiger partial charge on any atom is -0.398 e. The topological polar surface area (TPSA) is 38.0 Å². The highest BCUT2D eigenvalue weighted by Gasteiger charge is 2.27. The molecule has 1 aromatic rings. The zero-order chi connectivity index (χ0) is 11.5. The largest absolute Gasteiger partial charge is 0.398 e. The van der Waals surface area contributed by atoms with Crippen molar-refractivity contribution in [2.75, 3.05) is 12.3 Å². The molecule has 0 aromatic heterocycles. The van der Waals surface area contributed by atoms with Crippen LogP contribution in [0.1, 0.15) is 25.3 Å². The first-order valence-electron chi connectivity index (χ1n) is 5.91. The lowest BCUT2D eigenvalue weighted by Gasteiger charge is -2.11. The first-order chi connectivity index (χ1) is 7.66. The Morgan fingerprint density at radius 1 is 1.50 bits per heavy atom. The maximum Gasteiger partial charge on any atom is 0.0461 e. The van der Waals surface area contributed by atoms with Crippen molar-refractivity contribution >= 4 is 21.6 Å². The summed E-state index contributed by atoms with van der Waals surface area (Å²) in [5.41, 5.74) is 7.90. The van der Waals surface area contributed by atoms with Crippen LogP contribution in [-0.2, 0) is 6.54 Å². The van der Waals surface area contributed by atoms with Gasteiger partial charge in [-0.3, -0.25) is 0 Å². The van der Waals surface area contributed by atoms with Crippen LogP contribution in [0.4, 0.5) is 5.69 Å². The number of anilines is 1. The molecular weight excluding hydrogens is 264 g/mol. The molecule has 0 heterocycles. The third-order valence-electron chi connectivity index (χ3n) is 3.28. The summed E-state index contributed by atoms with van der Waals surface area (Å²) in [5.74, 6) is 1.79.